The topological polar surface area (TPSA) is 85.8 Å². The molecule has 3 rings (SSSR count). The Morgan fingerprint density at radius 1 is 1.00 bits per heavy atom. The smallest absolute Gasteiger partial charge is 0.428 e. The second-order valence-corrected chi connectivity index (χ2v) is 8.87. The third-order valence-electron chi connectivity index (χ3n) is 4.80. The number of amides is 1. The zero-order valence-electron chi connectivity index (χ0n) is 19.0. The fourth-order valence-corrected chi connectivity index (χ4v) is 4.38. The minimum absolute atomic E-state index is 0. The van der Waals surface area contributed by atoms with Crippen molar-refractivity contribution in [2.24, 2.45) is 0 Å². The molecule has 2 aromatic carbocycles. The number of carbonyl (C=O) groups is 1. The Labute approximate surface area is 206 Å². The van der Waals surface area contributed by atoms with E-state index in [4.69, 9.17) is 9.47 Å². The minimum Gasteiger partial charge on any atom is -0.497 e. The number of pyridine rings is 1. The molecule has 0 aliphatic heterocycles. The molecule has 3 aromatic rings. The molecule has 0 saturated heterocycles. The maximum Gasteiger partial charge on any atom is 0.428 e. The number of methoxy groups -OCH3 is 1. The molecule has 1 heterocycles. The summed E-state index contributed by atoms with van der Waals surface area (Å²) in [5, 5.41) is 0. The lowest BCUT2D eigenvalue weighted by molar-refractivity contribution is 0.156. The van der Waals surface area contributed by atoms with Crippen LogP contribution in [0.15, 0.2) is 78.0 Å². The fourth-order valence-electron chi connectivity index (χ4n) is 3.02. The van der Waals surface area contributed by atoms with Gasteiger partial charge in [-0.2, -0.15) is 4.31 Å². The van der Waals surface area contributed by atoms with Crippen LogP contribution in [0.3, 0.4) is 0 Å². The number of carbonyl (C=O) groups excluding carboxylic acids is 1. The highest BCUT2D eigenvalue weighted by Crippen LogP contribution is 2.30. The molecule has 0 bridgehead atoms. The number of ether oxygens (including phenoxy) is 2. The molecule has 180 valence electrons. The maximum absolute atomic E-state index is 13.6. The summed E-state index contributed by atoms with van der Waals surface area (Å²) in [5.41, 5.74) is 1.62. The highest BCUT2D eigenvalue weighted by Gasteiger charge is 2.33. The first-order valence-electron chi connectivity index (χ1n) is 10.5. The molecule has 0 N–H and O–H groups in total. The molecule has 0 fully saturated rings. The van der Waals surface area contributed by atoms with Gasteiger partial charge in [0.05, 0.1) is 24.3 Å². The van der Waals surface area contributed by atoms with Gasteiger partial charge in [-0.3, -0.25) is 4.98 Å². The van der Waals surface area contributed by atoms with Crippen LogP contribution in [0.1, 0.15) is 30.9 Å². The van der Waals surface area contributed by atoms with Gasteiger partial charge in [-0.25, -0.2) is 13.2 Å². The van der Waals surface area contributed by atoms with Crippen molar-refractivity contribution in [3.05, 3.63) is 84.2 Å². The summed E-state index contributed by atoms with van der Waals surface area (Å²) in [6.45, 7) is 2.08. The van der Waals surface area contributed by atoms with Gasteiger partial charge in [0, 0.05) is 12.4 Å². The number of unbranched alkanes of at least 4 members (excludes halogenated alkanes) is 1. The van der Waals surface area contributed by atoms with Crippen molar-refractivity contribution in [1.29, 1.82) is 0 Å². The van der Waals surface area contributed by atoms with Crippen LogP contribution in [-0.4, -0.2) is 33.2 Å². The van der Waals surface area contributed by atoms with Crippen LogP contribution < -0.4 is 9.04 Å². The Kier molecular flexibility index (Phi) is 10.1. The van der Waals surface area contributed by atoms with Crippen LogP contribution in [-0.2, 0) is 14.8 Å². The number of aromatic nitrogens is 1. The Morgan fingerprint density at radius 3 is 2.32 bits per heavy atom. The summed E-state index contributed by atoms with van der Waals surface area (Å²) in [6.07, 6.45) is 7.38. The quantitative estimate of drug-likeness (QED) is 0.343. The second kappa shape index (κ2) is 12.8. The second-order valence-electron chi connectivity index (χ2n) is 7.09. The van der Waals surface area contributed by atoms with Gasteiger partial charge in [0.2, 0.25) is 0 Å². The molecule has 0 radical (unpaired) electrons. The average Bonchev–Trinajstić information content (AvgIpc) is 2.84. The van der Waals surface area contributed by atoms with Crippen LogP contribution in [0.5, 0.6) is 5.75 Å². The first-order chi connectivity index (χ1) is 16.0. The number of anilines is 1. The van der Waals surface area contributed by atoms with E-state index < -0.39 is 16.1 Å². The van der Waals surface area contributed by atoms with Crippen LogP contribution in [0.4, 0.5) is 10.5 Å². The number of hydrogen-bond donors (Lipinski definition) is 0. The average molecular weight is 503 g/mol. The molecule has 0 atom stereocenters. The number of para-hydroxylation sites is 1. The van der Waals surface area contributed by atoms with Crippen molar-refractivity contribution in [3.63, 3.8) is 0 Å². The van der Waals surface area contributed by atoms with Gasteiger partial charge in [-0.15, -0.1) is 12.4 Å². The van der Waals surface area contributed by atoms with Gasteiger partial charge < -0.3 is 9.47 Å². The number of rotatable bonds is 9. The molecule has 0 saturated carbocycles. The highest BCUT2D eigenvalue weighted by atomic mass is 35.5. The first-order valence-corrected chi connectivity index (χ1v) is 11.9. The van der Waals surface area contributed by atoms with Gasteiger partial charge >= 0.3 is 6.09 Å². The molecular weight excluding hydrogens is 476 g/mol. The normalized spacial score (nSPS) is 11.0. The number of sulfonamides is 1. The molecule has 0 aliphatic carbocycles. The monoisotopic (exact) mass is 502 g/mol. The maximum atomic E-state index is 13.6. The van der Waals surface area contributed by atoms with Crippen molar-refractivity contribution < 1.29 is 22.7 Å². The summed E-state index contributed by atoms with van der Waals surface area (Å²) in [5.74, 6) is 0.506. The van der Waals surface area contributed by atoms with E-state index in [-0.39, 0.29) is 29.6 Å². The van der Waals surface area contributed by atoms with Gasteiger partial charge in [-0.1, -0.05) is 43.7 Å². The Morgan fingerprint density at radius 2 is 1.68 bits per heavy atom. The van der Waals surface area contributed by atoms with E-state index in [0.717, 1.165) is 16.3 Å². The Bertz CT molecular complexity index is 1200. The van der Waals surface area contributed by atoms with E-state index in [0.29, 0.717) is 17.7 Å². The van der Waals surface area contributed by atoms with Crippen LogP contribution in [0.2, 0.25) is 0 Å². The Hall–Kier alpha value is -3.36. The van der Waals surface area contributed by atoms with Gasteiger partial charge in [0.1, 0.15) is 5.75 Å². The molecule has 1 aromatic heterocycles. The summed E-state index contributed by atoms with van der Waals surface area (Å²) >= 11 is 0. The number of hydrogen-bond acceptors (Lipinski definition) is 6. The van der Waals surface area contributed by atoms with E-state index in [1.54, 1.807) is 42.7 Å². The van der Waals surface area contributed by atoms with Gasteiger partial charge in [0.15, 0.2) is 0 Å². The molecule has 0 spiro atoms. The number of benzene rings is 2. The zero-order valence-corrected chi connectivity index (χ0v) is 20.6. The van der Waals surface area contributed by atoms with E-state index in [9.17, 15) is 13.2 Å². The molecule has 7 nitrogen and oxygen atoms in total. The van der Waals surface area contributed by atoms with E-state index in [1.165, 1.54) is 31.4 Å². The lowest BCUT2D eigenvalue weighted by Gasteiger charge is -2.23. The van der Waals surface area contributed by atoms with Crippen molar-refractivity contribution in [2.75, 3.05) is 18.0 Å². The van der Waals surface area contributed by atoms with E-state index in [1.807, 2.05) is 25.1 Å². The zero-order chi connectivity index (χ0) is 23.7. The number of nitrogens with zero attached hydrogens (tertiary/aromatic N) is 2. The van der Waals surface area contributed by atoms with Crippen LogP contribution in [0, 0.1) is 0 Å². The highest BCUT2D eigenvalue weighted by molar-refractivity contribution is 7.93. The van der Waals surface area contributed by atoms with Gasteiger partial charge in [0.25, 0.3) is 10.0 Å². The predicted octanol–water partition coefficient (Wildman–Crippen LogP) is 5.81. The SMILES string of the molecule is CCCCOC(=O)N(c1ccccc1C=Cc1ccncc1)S(=O)(=O)c1ccc(OC)cc1.Cl. The first kappa shape index (κ1) is 26.9. The Balaban J connectivity index is 0.00000408. The third kappa shape index (κ3) is 6.59. The summed E-state index contributed by atoms with van der Waals surface area (Å²) in [7, 11) is -2.77. The fraction of sp³-hybridized carbons (Fsp3) is 0.200. The largest absolute Gasteiger partial charge is 0.497 e. The lowest BCUT2D eigenvalue weighted by atomic mass is 10.1. The van der Waals surface area contributed by atoms with Crippen molar-refractivity contribution >= 4 is 46.4 Å². The molecular formula is C25H27ClN2O5S. The third-order valence-corrected chi connectivity index (χ3v) is 6.50. The van der Waals surface area contributed by atoms with Crippen LogP contribution in [0.25, 0.3) is 12.2 Å². The minimum atomic E-state index is -4.26. The van der Waals surface area contributed by atoms with Crippen LogP contribution >= 0.6 is 12.4 Å². The van der Waals surface area contributed by atoms with Crippen molar-refractivity contribution in [1.82, 2.24) is 4.98 Å². The lowest BCUT2D eigenvalue weighted by Crippen LogP contribution is -2.38. The van der Waals surface area contributed by atoms with E-state index >= 15 is 0 Å². The van der Waals surface area contributed by atoms with E-state index in [2.05, 4.69) is 4.98 Å². The van der Waals surface area contributed by atoms with Crippen molar-refractivity contribution in [3.8, 4) is 5.75 Å². The standard InChI is InChI=1S/C25H26N2O5S.ClH/c1-3-4-19-32-25(28)27(33(29,30)23-13-11-22(31-2)12-14-23)24-8-6-5-7-21(24)10-9-20-15-17-26-18-16-20;/h5-18H,3-4,19H2,1-2H3;1H. The molecule has 1 amide bonds. The molecule has 0 aliphatic rings. The summed E-state index contributed by atoms with van der Waals surface area (Å²) in [4.78, 5) is 17.0. The predicted molar refractivity (Wildman–Crippen MR) is 136 cm³/mol. The van der Waals surface area contributed by atoms with Crippen molar-refractivity contribution in [2.45, 2.75) is 24.7 Å². The summed E-state index contributed by atoms with van der Waals surface area (Å²) < 4.78 is 38.3. The molecule has 0 unspecified atom stereocenters. The molecule has 9 heteroatoms. The molecule has 34 heavy (non-hydrogen) atoms. The summed E-state index contributed by atoms with van der Waals surface area (Å²) in [6, 6.07) is 16.3. The van der Waals surface area contributed by atoms with Gasteiger partial charge in [-0.05, 0) is 60.0 Å². The number of halogens is 1.